The van der Waals surface area contributed by atoms with Gasteiger partial charge < -0.3 is 9.64 Å². The number of nitrogens with zero attached hydrogens (tertiary/aromatic N) is 3. The zero-order chi connectivity index (χ0) is 21.8. The Morgan fingerprint density at radius 3 is 2.52 bits per heavy atom. The molecular formula is C25H27N3O3. The number of benzene rings is 2. The lowest BCUT2D eigenvalue weighted by atomic mass is 10.0. The van der Waals surface area contributed by atoms with Crippen LogP contribution in [0, 0.1) is 6.92 Å². The van der Waals surface area contributed by atoms with Gasteiger partial charge in [-0.25, -0.2) is 9.48 Å². The molecule has 1 atom stereocenters. The number of piperidine rings is 1. The van der Waals surface area contributed by atoms with Crippen LogP contribution in [0.2, 0.25) is 0 Å². The minimum atomic E-state index is -0.546. The van der Waals surface area contributed by atoms with E-state index in [0.717, 1.165) is 42.6 Å². The second-order valence-electron chi connectivity index (χ2n) is 8.05. The molecule has 6 nitrogen and oxygen atoms in total. The normalized spacial score (nSPS) is 16.2. The molecule has 6 heteroatoms. The molecule has 31 heavy (non-hydrogen) atoms. The van der Waals surface area contributed by atoms with Crippen LogP contribution >= 0.6 is 0 Å². The molecule has 0 bridgehead atoms. The minimum Gasteiger partial charge on any atom is -0.452 e. The molecular weight excluding hydrogens is 390 g/mol. The molecule has 3 aromatic rings. The van der Waals surface area contributed by atoms with E-state index < -0.39 is 5.97 Å². The monoisotopic (exact) mass is 417 g/mol. The fourth-order valence-corrected chi connectivity index (χ4v) is 3.92. The van der Waals surface area contributed by atoms with Crippen molar-refractivity contribution in [3.63, 3.8) is 0 Å². The molecule has 2 aromatic carbocycles. The molecule has 1 saturated heterocycles. The molecule has 4 rings (SSSR count). The Balaban J connectivity index is 1.58. The summed E-state index contributed by atoms with van der Waals surface area (Å²) in [7, 11) is 0. The summed E-state index contributed by atoms with van der Waals surface area (Å²) in [5.41, 5.74) is 3.66. The Bertz CT molecular complexity index is 1060. The van der Waals surface area contributed by atoms with E-state index in [1.807, 2.05) is 73.3 Å². The lowest BCUT2D eigenvalue weighted by Crippen LogP contribution is -2.44. The first-order chi connectivity index (χ1) is 15.0. The van der Waals surface area contributed by atoms with E-state index in [0.29, 0.717) is 11.3 Å². The van der Waals surface area contributed by atoms with Gasteiger partial charge in [-0.15, -0.1) is 0 Å². The molecule has 1 aliphatic rings. The molecule has 1 aromatic heterocycles. The van der Waals surface area contributed by atoms with E-state index in [1.165, 1.54) is 0 Å². The molecule has 0 unspecified atom stereocenters. The molecule has 0 saturated carbocycles. The van der Waals surface area contributed by atoms with Gasteiger partial charge in [-0.05, 0) is 45.2 Å². The molecule has 1 aliphatic heterocycles. The van der Waals surface area contributed by atoms with E-state index in [-0.39, 0.29) is 18.6 Å². The summed E-state index contributed by atoms with van der Waals surface area (Å²) in [6, 6.07) is 17.6. The molecule has 160 valence electrons. The van der Waals surface area contributed by atoms with Crippen LogP contribution in [0.4, 0.5) is 0 Å². The summed E-state index contributed by atoms with van der Waals surface area (Å²) in [5, 5.41) is 4.65. The number of ether oxygens (including phenoxy) is 1. The van der Waals surface area contributed by atoms with Gasteiger partial charge in [0.2, 0.25) is 0 Å². The first-order valence-corrected chi connectivity index (χ1v) is 10.7. The summed E-state index contributed by atoms with van der Waals surface area (Å²) < 4.78 is 7.11. The van der Waals surface area contributed by atoms with Crippen molar-refractivity contribution >= 4 is 11.9 Å². The highest BCUT2D eigenvalue weighted by molar-refractivity contribution is 5.97. The van der Waals surface area contributed by atoms with Crippen molar-refractivity contribution in [2.75, 3.05) is 13.2 Å². The number of aromatic nitrogens is 2. The average molecular weight is 418 g/mol. The van der Waals surface area contributed by atoms with Gasteiger partial charge in [-0.2, -0.15) is 5.10 Å². The predicted molar refractivity (Wildman–Crippen MR) is 119 cm³/mol. The van der Waals surface area contributed by atoms with Crippen molar-refractivity contribution < 1.29 is 14.3 Å². The van der Waals surface area contributed by atoms with Gasteiger partial charge in [-0.1, -0.05) is 48.0 Å². The van der Waals surface area contributed by atoms with Gasteiger partial charge in [-0.3, -0.25) is 4.79 Å². The number of amides is 1. The highest BCUT2D eigenvalue weighted by Gasteiger charge is 2.25. The molecule has 0 N–H and O–H groups in total. The first-order valence-electron chi connectivity index (χ1n) is 10.7. The molecule has 1 amide bonds. The number of aryl methyl sites for hydroxylation is 1. The van der Waals surface area contributed by atoms with Crippen molar-refractivity contribution in [2.24, 2.45) is 0 Å². The van der Waals surface area contributed by atoms with Crippen LogP contribution in [0.1, 0.15) is 42.1 Å². The number of rotatable bonds is 5. The second kappa shape index (κ2) is 9.16. The lowest BCUT2D eigenvalue weighted by molar-refractivity contribution is -0.137. The SMILES string of the molecule is Cc1ccc(-c2nn(-c3ccccc3)cc2C(=O)OCC(=O)N2CCCC[C@H]2C)cc1. The molecule has 0 radical (unpaired) electrons. The summed E-state index contributed by atoms with van der Waals surface area (Å²) >= 11 is 0. The van der Waals surface area contributed by atoms with Crippen LogP contribution in [0.25, 0.3) is 16.9 Å². The first kappa shape index (κ1) is 20.8. The predicted octanol–water partition coefficient (Wildman–Crippen LogP) is 4.41. The maximum atomic E-state index is 13.0. The van der Waals surface area contributed by atoms with Gasteiger partial charge >= 0.3 is 5.97 Å². The Morgan fingerprint density at radius 1 is 1.06 bits per heavy atom. The van der Waals surface area contributed by atoms with Crippen LogP contribution in [0.15, 0.2) is 60.8 Å². The number of carbonyl (C=O) groups is 2. The number of hydrogen-bond donors (Lipinski definition) is 0. The van der Waals surface area contributed by atoms with Crippen molar-refractivity contribution in [3.05, 3.63) is 71.9 Å². The van der Waals surface area contributed by atoms with E-state index in [9.17, 15) is 9.59 Å². The van der Waals surface area contributed by atoms with Gasteiger partial charge in [0.25, 0.3) is 5.91 Å². The topological polar surface area (TPSA) is 64.4 Å². The highest BCUT2D eigenvalue weighted by atomic mass is 16.5. The minimum absolute atomic E-state index is 0.145. The smallest absolute Gasteiger partial charge is 0.342 e. The summed E-state index contributed by atoms with van der Waals surface area (Å²) in [6.45, 7) is 4.51. The molecule has 0 aliphatic carbocycles. The zero-order valence-corrected chi connectivity index (χ0v) is 18.0. The number of hydrogen-bond acceptors (Lipinski definition) is 4. The van der Waals surface area contributed by atoms with Gasteiger partial charge in [0.15, 0.2) is 6.61 Å². The number of para-hydroxylation sites is 1. The van der Waals surface area contributed by atoms with Crippen molar-refractivity contribution in [3.8, 4) is 16.9 Å². The summed E-state index contributed by atoms with van der Waals surface area (Å²) in [5.74, 6) is -0.691. The fourth-order valence-electron chi connectivity index (χ4n) is 3.92. The van der Waals surface area contributed by atoms with Crippen molar-refractivity contribution in [2.45, 2.75) is 39.2 Å². The Morgan fingerprint density at radius 2 is 1.81 bits per heavy atom. The van der Waals surface area contributed by atoms with Crippen molar-refractivity contribution in [1.29, 1.82) is 0 Å². The van der Waals surface area contributed by atoms with Crippen LogP contribution in [0.3, 0.4) is 0 Å². The van der Waals surface area contributed by atoms with Gasteiger partial charge in [0.05, 0.1) is 5.69 Å². The van der Waals surface area contributed by atoms with Crippen molar-refractivity contribution in [1.82, 2.24) is 14.7 Å². The van der Waals surface area contributed by atoms with Crippen LogP contribution < -0.4 is 0 Å². The Labute approximate surface area is 182 Å². The zero-order valence-electron chi connectivity index (χ0n) is 18.0. The summed E-state index contributed by atoms with van der Waals surface area (Å²) in [6.07, 6.45) is 4.77. The average Bonchev–Trinajstić information content (AvgIpc) is 3.24. The van der Waals surface area contributed by atoms with Crippen LogP contribution in [0.5, 0.6) is 0 Å². The molecule has 1 fully saturated rings. The third kappa shape index (κ3) is 4.68. The van der Waals surface area contributed by atoms with Crippen LogP contribution in [-0.2, 0) is 9.53 Å². The number of esters is 1. The van der Waals surface area contributed by atoms with E-state index in [4.69, 9.17) is 4.74 Å². The Kier molecular flexibility index (Phi) is 6.16. The molecule has 0 spiro atoms. The summed E-state index contributed by atoms with van der Waals surface area (Å²) in [4.78, 5) is 27.4. The van der Waals surface area contributed by atoms with E-state index in [1.54, 1.807) is 10.9 Å². The standard InChI is InChI=1S/C25H27N3O3/c1-18-11-13-20(14-12-18)24-22(16-28(26-24)21-9-4-3-5-10-21)25(30)31-17-23(29)27-15-7-6-8-19(27)2/h3-5,9-14,16,19H,6-8,15,17H2,1-2H3/t19-/m1/s1. The molecule has 2 heterocycles. The Hall–Kier alpha value is -3.41. The quantitative estimate of drug-likeness (QED) is 0.577. The fraction of sp³-hybridized carbons (Fsp3) is 0.320. The third-order valence-corrected chi connectivity index (χ3v) is 5.73. The lowest BCUT2D eigenvalue weighted by Gasteiger charge is -2.33. The highest BCUT2D eigenvalue weighted by Crippen LogP contribution is 2.25. The van der Waals surface area contributed by atoms with E-state index >= 15 is 0 Å². The van der Waals surface area contributed by atoms with Crippen LogP contribution in [-0.4, -0.2) is 45.8 Å². The second-order valence-corrected chi connectivity index (χ2v) is 8.05. The van der Waals surface area contributed by atoms with Gasteiger partial charge in [0.1, 0.15) is 11.3 Å². The third-order valence-electron chi connectivity index (χ3n) is 5.73. The largest absolute Gasteiger partial charge is 0.452 e. The number of carbonyl (C=O) groups excluding carboxylic acids is 2. The number of likely N-dealkylation sites (tertiary alicyclic amines) is 1. The van der Waals surface area contributed by atoms with Gasteiger partial charge in [0, 0.05) is 24.3 Å². The maximum Gasteiger partial charge on any atom is 0.342 e. The van der Waals surface area contributed by atoms with E-state index in [2.05, 4.69) is 5.10 Å². The maximum absolute atomic E-state index is 13.0.